The average molecular weight is 242 g/mol. The first kappa shape index (κ1) is 13.7. The van der Waals surface area contributed by atoms with Gasteiger partial charge in [0.15, 0.2) is 0 Å². The van der Waals surface area contributed by atoms with E-state index in [1.807, 2.05) is 6.92 Å². The average Bonchev–Trinajstić information content (AvgIpc) is 2.78. The van der Waals surface area contributed by atoms with Crippen LogP contribution < -0.4 is 0 Å². The first-order chi connectivity index (χ1) is 7.77. The van der Waals surface area contributed by atoms with Crippen molar-refractivity contribution in [2.24, 2.45) is 0 Å². The molecule has 1 aromatic rings. The SMILES string of the molecule is CCCC(OCC)C(O)CCc1cccs1. The largest absolute Gasteiger partial charge is 0.390 e. The highest BCUT2D eigenvalue weighted by atomic mass is 32.1. The number of aryl methyl sites for hydroxylation is 1. The van der Waals surface area contributed by atoms with Crippen molar-refractivity contribution in [2.75, 3.05) is 6.61 Å². The molecule has 0 aliphatic rings. The van der Waals surface area contributed by atoms with Crippen LogP contribution in [0.5, 0.6) is 0 Å². The van der Waals surface area contributed by atoms with Crippen LogP contribution in [0.4, 0.5) is 0 Å². The molecule has 0 saturated carbocycles. The van der Waals surface area contributed by atoms with Gasteiger partial charge in [0, 0.05) is 11.5 Å². The van der Waals surface area contributed by atoms with Crippen LogP contribution in [0.3, 0.4) is 0 Å². The second-order valence-corrected chi connectivity index (χ2v) is 5.00. The number of hydrogen-bond donors (Lipinski definition) is 1. The van der Waals surface area contributed by atoms with Crippen molar-refractivity contribution in [3.05, 3.63) is 22.4 Å². The molecule has 0 radical (unpaired) electrons. The van der Waals surface area contributed by atoms with Crippen molar-refractivity contribution in [2.45, 2.75) is 51.7 Å². The van der Waals surface area contributed by atoms with Crippen molar-refractivity contribution in [3.8, 4) is 0 Å². The maximum absolute atomic E-state index is 10.0. The second kappa shape index (κ2) is 7.82. The van der Waals surface area contributed by atoms with E-state index in [1.165, 1.54) is 4.88 Å². The van der Waals surface area contributed by atoms with E-state index in [0.29, 0.717) is 6.61 Å². The first-order valence-corrected chi connectivity index (χ1v) is 6.97. The summed E-state index contributed by atoms with van der Waals surface area (Å²) in [6.07, 6.45) is 3.43. The Morgan fingerprint density at radius 3 is 2.75 bits per heavy atom. The van der Waals surface area contributed by atoms with Crippen LogP contribution in [0.2, 0.25) is 0 Å². The molecule has 0 fully saturated rings. The van der Waals surface area contributed by atoms with Gasteiger partial charge in [0.2, 0.25) is 0 Å². The molecule has 0 aliphatic heterocycles. The fourth-order valence-electron chi connectivity index (χ4n) is 1.82. The Labute approximate surface area is 102 Å². The van der Waals surface area contributed by atoms with Crippen LogP contribution in [-0.4, -0.2) is 23.9 Å². The number of thiophene rings is 1. The third kappa shape index (κ3) is 4.64. The van der Waals surface area contributed by atoms with E-state index in [1.54, 1.807) is 11.3 Å². The van der Waals surface area contributed by atoms with Crippen molar-refractivity contribution >= 4 is 11.3 Å². The summed E-state index contributed by atoms with van der Waals surface area (Å²) in [6, 6.07) is 4.17. The zero-order valence-electron chi connectivity index (χ0n) is 10.2. The lowest BCUT2D eigenvalue weighted by Gasteiger charge is -2.22. The maximum Gasteiger partial charge on any atom is 0.0833 e. The molecule has 1 N–H and O–H groups in total. The van der Waals surface area contributed by atoms with Gasteiger partial charge < -0.3 is 9.84 Å². The normalized spacial score (nSPS) is 14.9. The number of aliphatic hydroxyl groups is 1. The molecule has 1 rings (SSSR count). The summed E-state index contributed by atoms with van der Waals surface area (Å²) < 4.78 is 5.57. The summed E-state index contributed by atoms with van der Waals surface area (Å²) >= 11 is 1.75. The molecule has 2 nitrogen and oxygen atoms in total. The number of aliphatic hydroxyl groups excluding tert-OH is 1. The molecule has 16 heavy (non-hydrogen) atoms. The fraction of sp³-hybridized carbons (Fsp3) is 0.692. The molecule has 92 valence electrons. The van der Waals surface area contributed by atoms with Crippen LogP contribution in [0, 0.1) is 0 Å². The van der Waals surface area contributed by atoms with Crippen molar-refractivity contribution in [3.63, 3.8) is 0 Å². The minimum Gasteiger partial charge on any atom is -0.390 e. The summed E-state index contributed by atoms with van der Waals surface area (Å²) in [7, 11) is 0. The van der Waals surface area contributed by atoms with Crippen LogP contribution in [0.1, 0.15) is 38.0 Å². The van der Waals surface area contributed by atoms with Crippen molar-refractivity contribution in [1.82, 2.24) is 0 Å². The maximum atomic E-state index is 10.0. The summed E-state index contributed by atoms with van der Waals surface area (Å²) in [4.78, 5) is 1.34. The van der Waals surface area contributed by atoms with Crippen molar-refractivity contribution < 1.29 is 9.84 Å². The van der Waals surface area contributed by atoms with Crippen molar-refractivity contribution in [1.29, 1.82) is 0 Å². The zero-order valence-corrected chi connectivity index (χ0v) is 11.0. The van der Waals surface area contributed by atoms with E-state index in [9.17, 15) is 5.11 Å². The van der Waals surface area contributed by atoms with E-state index in [0.717, 1.165) is 25.7 Å². The molecule has 1 heterocycles. The summed E-state index contributed by atoms with van der Waals surface area (Å²) in [5.41, 5.74) is 0. The smallest absolute Gasteiger partial charge is 0.0833 e. The lowest BCUT2D eigenvalue weighted by Crippen LogP contribution is -2.29. The Hall–Kier alpha value is -0.380. The van der Waals surface area contributed by atoms with Gasteiger partial charge in [0.05, 0.1) is 12.2 Å². The molecule has 3 heteroatoms. The number of hydrogen-bond acceptors (Lipinski definition) is 3. The Balaban J connectivity index is 2.33. The third-order valence-electron chi connectivity index (χ3n) is 2.65. The van der Waals surface area contributed by atoms with Gasteiger partial charge in [-0.25, -0.2) is 0 Å². The molecule has 0 spiro atoms. The lowest BCUT2D eigenvalue weighted by atomic mass is 10.0. The Morgan fingerprint density at radius 1 is 1.38 bits per heavy atom. The standard InChI is InChI=1S/C13H22O2S/c1-3-6-13(15-4-2)12(14)9-8-11-7-5-10-16-11/h5,7,10,12-14H,3-4,6,8-9H2,1-2H3. The van der Waals surface area contributed by atoms with Crippen LogP contribution in [-0.2, 0) is 11.2 Å². The highest BCUT2D eigenvalue weighted by Gasteiger charge is 2.18. The van der Waals surface area contributed by atoms with Gasteiger partial charge in [0.25, 0.3) is 0 Å². The monoisotopic (exact) mass is 242 g/mol. The van der Waals surface area contributed by atoms with Gasteiger partial charge in [-0.15, -0.1) is 11.3 Å². The van der Waals surface area contributed by atoms with E-state index in [-0.39, 0.29) is 12.2 Å². The summed E-state index contributed by atoms with van der Waals surface area (Å²) in [6.45, 7) is 4.79. The highest BCUT2D eigenvalue weighted by molar-refractivity contribution is 7.09. The number of ether oxygens (including phenoxy) is 1. The van der Waals surface area contributed by atoms with Gasteiger partial charge >= 0.3 is 0 Å². The van der Waals surface area contributed by atoms with Gasteiger partial charge in [-0.3, -0.25) is 0 Å². The van der Waals surface area contributed by atoms with Gasteiger partial charge in [-0.05, 0) is 37.6 Å². The Bertz CT molecular complexity index is 253. The van der Waals surface area contributed by atoms with Crippen LogP contribution in [0.15, 0.2) is 17.5 Å². The van der Waals surface area contributed by atoms with Gasteiger partial charge in [-0.2, -0.15) is 0 Å². The zero-order chi connectivity index (χ0) is 11.8. The van der Waals surface area contributed by atoms with Gasteiger partial charge in [0.1, 0.15) is 0 Å². The fourth-order valence-corrected chi connectivity index (χ4v) is 2.54. The minimum atomic E-state index is -0.331. The molecular weight excluding hydrogens is 220 g/mol. The Kier molecular flexibility index (Phi) is 6.69. The molecule has 1 aromatic heterocycles. The summed E-state index contributed by atoms with van der Waals surface area (Å²) in [5, 5.41) is 12.1. The van der Waals surface area contributed by atoms with E-state index >= 15 is 0 Å². The molecule has 0 saturated heterocycles. The molecule has 0 aliphatic carbocycles. The topological polar surface area (TPSA) is 29.5 Å². The van der Waals surface area contributed by atoms with E-state index < -0.39 is 0 Å². The molecular formula is C13H22O2S. The molecule has 2 unspecified atom stereocenters. The minimum absolute atomic E-state index is 0.00922. The quantitative estimate of drug-likeness (QED) is 0.758. The molecule has 0 bridgehead atoms. The van der Waals surface area contributed by atoms with Crippen LogP contribution in [0.25, 0.3) is 0 Å². The number of rotatable bonds is 8. The predicted octanol–water partition coefficient (Wildman–Crippen LogP) is 3.25. The third-order valence-corrected chi connectivity index (χ3v) is 3.59. The predicted molar refractivity (Wildman–Crippen MR) is 69.0 cm³/mol. The summed E-state index contributed by atoms with van der Waals surface area (Å²) in [5.74, 6) is 0. The van der Waals surface area contributed by atoms with Gasteiger partial charge in [-0.1, -0.05) is 19.4 Å². The molecule has 0 aromatic carbocycles. The second-order valence-electron chi connectivity index (χ2n) is 3.97. The van der Waals surface area contributed by atoms with E-state index in [4.69, 9.17) is 4.74 Å². The van der Waals surface area contributed by atoms with Crippen LogP contribution >= 0.6 is 11.3 Å². The highest BCUT2D eigenvalue weighted by Crippen LogP contribution is 2.16. The lowest BCUT2D eigenvalue weighted by molar-refractivity contribution is -0.0397. The molecule has 2 atom stereocenters. The first-order valence-electron chi connectivity index (χ1n) is 6.10. The van der Waals surface area contributed by atoms with E-state index in [2.05, 4.69) is 24.4 Å². The Morgan fingerprint density at radius 2 is 2.19 bits per heavy atom. The molecule has 0 amide bonds.